The molecule has 0 saturated heterocycles. The van der Waals surface area contributed by atoms with E-state index in [0.717, 1.165) is 38.4 Å². The van der Waals surface area contributed by atoms with Crippen molar-refractivity contribution < 1.29 is 44.9 Å². The van der Waals surface area contributed by atoms with Crippen molar-refractivity contribution in [3.8, 4) is 0 Å². The maximum atomic E-state index is 4.53. The Balaban J connectivity index is 0.00000341. The van der Waals surface area contributed by atoms with Gasteiger partial charge in [0, 0.05) is 70.4 Å². The molecule has 183 valence electrons. The number of aryl methyl sites for hydroxylation is 4. The van der Waals surface area contributed by atoms with Crippen LogP contribution in [0, 0.1) is 27.7 Å². The van der Waals surface area contributed by atoms with Crippen molar-refractivity contribution in [2.45, 2.75) is 34.2 Å². The summed E-state index contributed by atoms with van der Waals surface area (Å²) in [6.45, 7) is 13.2. The molecule has 0 aliphatic carbocycles. The number of benzene rings is 2. The number of anilines is 2. The minimum absolute atomic E-state index is 0. The summed E-state index contributed by atoms with van der Waals surface area (Å²) in [4.78, 5) is 6.99. The quantitative estimate of drug-likeness (QED) is 0.302. The van der Waals surface area contributed by atoms with Crippen LogP contribution < -0.4 is 35.4 Å². The molecule has 0 aliphatic rings. The van der Waals surface area contributed by atoms with Crippen LogP contribution in [0.2, 0.25) is 0 Å². The molecular weight excluding hydrogens is 631 g/mol. The second-order valence-electron chi connectivity index (χ2n) is 7.98. The molecule has 2 N–H and O–H groups in total. The molecule has 7 heteroatoms. The second-order valence-corrected chi connectivity index (χ2v) is 7.98. The van der Waals surface area contributed by atoms with Crippen LogP contribution in [0.3, 0.4) is 0 Å². The number of nitrogens with one attached hydrogen (secondary N) is 2. The van der Waals surface area contributed by atoms with Crippen LogP contribution in [0.25, 0.3) is 0 Å². The largest absolute Gasteiger partial charge is 1.00 e. The number of halogens is 2. The molecule has 1 radical (unpaired) electrons. The Morgan fingerprint density at radius 3 is 1.52 bits per heavy atom. The molecule has 4 nitrogen and oxygen atoms in total. The number of hydrogen-bond acceptors (Lipinski definition) is 4. The van der Waals surface area contributed by atoms with E-state index in [1.165, 1.54) is 33.6 Å². The fourth-order valence-corrected chi connectivity index (χ4v) is 3.86. The Kier molecular flexibility index (Phi) is 15.3. The van der Waals surface area contributed by atoms with E-state index in [-0.39, 0.29) is 44.9 Å². The van der Waals surface area contributed by atoms with Crippen LogP contribution in [0.15, 0.2) is 60.8 Å². The molecular formula is C26H34Cl2IrN4-2. The van der Waals surface area contributed by atoms with Crippen molar-refractivity contribution >= 4 is 11.4 Å². The molecule has 1 heterocycles. The van der Waals surface area contributed by atoms with Crippen molar-refractivity contribution in [2.24, 2.45) is 0 Å². The van der Waals surface area contributed by atoms with Gasteiger partial charge in [0.15, 0.2) is 0 Å². The Labute approximate surface area is 225 Å². The summed E-state index contributed by atoms with van der Waals surface area (Å²) in [5.74, 6) is 0. The van der Waals surface area contributed by atoms with Crippen LogP contribution in [0.4, 0.5) is 11.4 Å². The standard InChI is InChI=1S/C26H34N4.2ClH.Ir/c1-20-9-7-10-21(2)25(20)28-15-17-30(19-24-13-5-6-14-27-24)18-16-29-26-22(3)11-8-12-23(26)4;;;/h5-14,28-29H,15-19H2,1-4H3;2*1H;/p-2. The number of para-hydroxylation sites is 2. The maximum Gasteiger partial charge on any atom is 0.0543 e. The Hall–Kier alpha value is -1.62. The first kappa shape index (κ1) is 31.4. The molecule has 0 atom stereocenters. The smallest absolute Gasteiger partial charge is 0.0543 e. The normalized spacial score (nSPS) is 9.97. The van der Waals surface area contributed by atoms with E-state index in [0.29, 0.717) is 0 Å². The van der Waals surface area contributed by atoms with E-state index < -0.39 is 0 Å². The van der Waals surface area contributed by atoms with Gasteiger partial charge in [-0.3, -0.25) is 9.88 Å². The average molecular weight is 666 g/mol. The van der Waals surface area contributed by atoms with Crippen LogP contribution in [0.1, 0.15) is 27.9 Å². The number of nitrogens with zero attached hydrogens (tertiary/aromatic N) is 2. The molecule has 3 rings (SSSR count). The molecule has 0 unspecified atom stereocenters. The summed E-state index contributed by atoms with van der Waals surface area (Å²) < 4.78 is 0. The number of pyridine rings is 1. The summed E-state index contributed by atoms with van der Waals surface area (Å²) in [5, 5.41) is 7.28. The van der Waals surface area contributed by atoms with Crippen LogP contribution in [-0.4, -0.2) is 36.1 Å². The molecule has 0 spiro atoms. The van der Waals surface area contributed by atoms with Gasteiger partial charge in [-0.1, -0.05) is 42.5 Å². The molecule has 0 bridgehead atoms. The first-order chi connectivity index (χ1) is 14.5. The SMILES string of the molecule is Cc1cccc(C)c1NCCN(CCNc1c(C)cccc1C)Cc1ccccn1.[Cl-].[Cl-].[Ir]. The zero-order valence-electron chi connectivity index (χ0n) is 19.8. The molecule has 3 aromatic rings. The molecule has 1 aromatic heterocycles. The zero-order chi connectivity index (χ0) is 21.3. The van der Waals surface area contributed by atoms with Crippen molar-refractivity contribution in [3.63, 3.8) is 0 Å². The van der Waals surface area contributed by atoms with E-state index >= 15 is 0 Å². The summed E-state index contributed by atoms with van der Waals surface area (Å²) in [6, 6.07) is 19.0. The van der Waals surface area contributed by atoms with Gasteiger partial charge in [-0.25, -0.2) is 0 Å². The third kappa shape index (κ3) is 9.64. The van der Waals surface area contributed by atoms with Gasteiger partial charge in [-0.2, -0.15) is 0 Å². The van der Waals surface area contributed by atoms with E-state index in [2.05, 4.69) is 96.7 Å². The average Bonchev–Trinajstić information content (AvgIpc) is 2.73. The van der Waals surface area contributed by atoms with Crippen LogP contribution in [-0.2, 0) is 26.7 Å². The van der Waals surface area contributed by atoms with E-state index in [1.54, 1.807) is 0 Å². The fraction of sp³-hybridized carbons (Fsp3) is 0.346. The van der Waals surface area contributed by atoms with Gasteiger partial charge in [0.05, 0.1) is 5.69 Å². The number of aromatic nitrogens is 1. The third-order valence-corrected chi connectivity index (χ3v) is 5.53. The predicted octanol–water partition coefficient (Wildman–Crippen LogP) is -0.653. The summed E-state index contributed by atoms with van der Waals surface area (Å²) in [7, 11) is 0. The van der Waals surface area contributed by atoms with Crippen molar-refractivity contribution in [3.05, 3.63) is 88.7 Å². The van der Waals surface area contributed by atoms with Crippen LogP contribution >= 0.6 is 0 Å². The van der Waals surface area contributed by atoms with Crippen molar-refractivity contribution in [1.82, 2.24) is 9.88 Å². The fourth-order valence-electron chi connectivity index (χ4n) is 3.86. The second kappa shape index (κ2) is 16.1. The number of rotatable bonds is 10. The number of hydrogen-bond donors (Lipinski definition) is 2. The Morgan fingerprint density at radius 1 is 0.667 bits per heavy atom. The minimum Gasteiger partial charge on any atom is -1.00 e. The van der Waals surface area contributed by atoms with E-state index in [1.807, 2.05) is 12.3 Å². The summed E-state index contributed by atoms with van der Waals surface area (Å²) in [5.41, 5.74) is 8.79. The summed E-state index contributed by atoms with van der Waals surface area (Å²) >= 11 is 0. The van der Waals surface area contributed by atoms with E-state index in [9.17, 15) is 0 Å². The monoisotopic (exact) mass is 665 g/mol. The van der Waals surface area contributed by atoms with Gasteiger partial charge in [0.25, 0.3) is 0 Å². The first-order valence-corrected chi connectivity index (χ1v) is 10.8. The topological polar surface area (TPSA) is 40.2 Å². The third-order valence-electron chi connectivity index (χ3n) is 5.53. The Morgan fingerprint density at radius 2 is 1.12 bits per heavy atom. The maximum absolute atomic E-state index is 4.53. The molecule has 0 fully saturated rings. The van der Waals surface area contributed by atoms with Gasteiger partial charge < -0.3 is 35.4 Å². The van der Waals surface area contributed by atoms with Gasteiger partial charge in [0.2, 0.25) is 0 Å². The zero-order valence-corrected chi connectivity index (χ0v) is 23.7. The molecule has 0 aliphatic heterocycles. The molecule has 2 aromatic carbocycles. The van der Waals surface area contributed by atoms with Crippen molar-refractivity contribution in [1.29, 1.82) is 0 Å². The van der Waals surface area contributed by atoms with Gasteiger partial charge in [-0.15, -0.1) is 0 Å². The summed E-state index contributed by atoms with van der Waals surface area (Å²) in [6.07, 6.45) is 1.87. The first-order valence-electron chi connectivity index (χ1n) is 10.8. The van der Waals surface area contributed by atoms with Gasteiger partial charge in [0.1, 0.15) is 0 Å². The molecule has 0 saturated carbocycles. The Bertz CT molecular complexity index is 856. The van der Waals surface area contributed by atoms with Crippen LogP contribution in [0.5, 0.6) is 0 Å². The molecule has 33 heavy (non-hydrogen) atoms. The van der Waals surface area contributed by atoms with Gasteiger partial charge >= 0.3 is 0 Å². The molecule has 0 amide bonds. The van der Waals surface area contributed by atoms with Gasteiger partial charge in [-0.05, 0) is 62.1 Å². The van der Waals surface area contributed by atoms with E-state index in [4.69, 9.17) is 0 Å². The predicted molar refractivity (Wildman–Crippen MR) is 128 cm³/mol. The van der Waals surface area contributed by atoms with Crippen molar-refractivity contribution in [2.75, 3.05) is 36.8 Å². The minimum atomic E-state index is 0.